The van der Waals surface area contributed by atoms with Crippen LogP contribution < -0.4 is 0 Å². The van der Waals surface area contributed by atoms with Gasteiger partial charge in [0.1, 0.15) is 16.7 Å². The van der Waals surface area contributed by atoms with Crippen molar-refractivity contribution in [2.24, 2.45) is 0 Å². The summed E-state index contributed by atoms with van der Waals surface area (Å²) in [6.07, 6.45) is 0. The van der Waals surface area contributed by atoms with E-state index in [1.807, 2.05) is 66.7 Å². The topological polar surface area (TPSA) is 69.9 Å². The van der Waals surface area contributed by atoms with E-state index in [4.69, 9.17) is 23.8 Å². The highest BCUT2D eigenvalue weighted by atomic mass is 16.3. The van der Waals surface area contributed by atoms with Gasteiger partial charge in [0.2, 0.25) is 0 Å². The molecule has 0 aliphatic rings. The molecular weight excluding hydrogens is 701 g/mol. The molecule has 12 rings (SSSR count). The molecule has 0 saturated heterocycles. The molecule has 4 aromatic heterocycles. The SMILES string of the molecule is c1ccc(-c2ccc3oc4c(-n5c6ccccc6c6cccc(-c7nc(-c8ccccc8)nc(-c8cccc9c8oc8ccccc89)n7)c65)cccc4c3c2)cc1. The zero-order valence-corrected chi connectivity index (χ0v) is 30.4. The second-order valence-corrected chi connectivity index (χ2v) is 14.3. The van der Waals surface area contributed by atoms with E-state index in [0.717, 1.165) is 93.6 Å². The Labute approximate surface area is 325 Å². The summed E-state index contributed by atoms with van der Waals surface area (Å²) in [5, 5.41) is 6.41. The van der Waals surface area contributed by atoms with Gasteiger partial charge in [0.25, 0.3) is 0 Å². The van der Waals surface area contributed by atoms with Crippen LogP contribution >= 0.6 is 0 Å². The summed E-state index contributed by atoms with van der Waals surface area (Å²) in [6.45, 7) is 0. The van der Waals surface area contributed by atoms with Crippen LogP contribution in [0.4, 0.5) is 0 Å². The zero-order chi connectivity index (χ0) is 37.5. The van der Waals surface area contributed by atoms with Crippen molar-refractivity contribution in [3.8, 4) is 51.0 Å². The zero-order valence-electron chi connectivity index (χ0n) is 30.4. The summed E-state index contributed by atoms with van der Waals surface area (Å²) in [7, 11) is 0. The van der Waals surface area contributed by atoms with Crippen LogP contribution in [0.2, 0.25) is 0 Å². The molecule has 4 heterocycles. The van der Waals surface area contributed by atoms with Crippen LogP contribution in [0.5, 0.6) is 0 Å². The molecule has 12 aromatic rings. The smallest absolute Gasteiger partial charge is 0.167 e. The molecule has 0 saturated carbocycles. The first-order valence-corrected chi connectivity index (χ1v) is 19.0. The number of fused-ring (bicyclic) bond motifs is 9. The number of hydrogen-bond acceptors (Lipinski definition) is 5. The standard InChI is InChI=1S/C51H30N4O2/c1-3-14-31(15-4-1)33-28-29-45-41(30-33)38-22-13-26-43(48(38)57-45)55-42-25-9-7-18-34(42)36-20-11-23-39(46(36)55)50-52-49(32-16-5-2-6-17-32)53-51(54-50)40-24-12-21-37-35-19-8-10-27-44(35)56-47(37)40/h1-30H. The van der Waals surface area contributed by atoms with Gasteiger partial charge in [-0.25, -0.2) is 15.0 Å². The number of para-hydroxylation sites is 5. The molecule has 8 aromatic carbocycles. The van der Waals surface area contributed by atoms with Crippen molar-refractivity contribution >= 4 is 65.7 Å². The lowest BCUT2D eigenvalue weighted by molar-refractivity contribution is 0.666. The Morgan fingerprint density at radius 3 is 1.75 bits per heavy atom. The highest BCUT2D eigenvalue weighted by Gasteiger charge is 2.23. The second-order valence-electron chi connectivity index (χ2n) is 14.3. The van der Waals surface area contributed by atoms with Crippen molar-refractivity contribution in [3.05, 3.63) is 182 Å². The lowest BCUT2D eigenvalue weighted by Crippen LogP contribution is -2.02. The van der Waals surface area contributed by atoms with Gasteiger partial charge in [-0.3, -0.25) is 0 Å². The number of furan rings is 2. The molecule has 6 heteroatoms. The molecule has 0 spiro atoms. The summed E-state index contributed by atoms with van der Waals surface area (Å²) in [5.74, 6) is 1.68. The molecule has 6 nitrogen and oxygen atoms in total. The van der Waals surface area contributed by atoms with Crippen molar-refractivity contribution in [2.45, 2.75) is 0 Å². The summed E-state index contributed by atoms with van der Waals surface area (Å²) >= 11 is 0. The maximum Gasteiger partial charge on any atom is 0.167 e. The Hall–Kier alpha value is -7.83. The van der Waals surface area contributed by atoms with E-state index in [-0.39, 0.29) is 0 Å². The molecule has 266 valence electrons. The number of rotatable bonds is 5. The van der Waals surface area contributed by atoms with E-state index in [0.29, 0.717) is 17.5 Å². The number of hydrogen-bond donors (Lipinski definition) is 0. The molecular formula is C51H30N4O2. The molecule has 0 bridgehead atoms. The van der Waals surface area contributed by atoms with Gasteiger partial charge < -0.3 is 13.4 Å². The van der Waals surface area contributed by atoms with Gasteiger partial charge in [0.15, 0.2) is 23.1 Å². The molecule has 57 heavy (non-hydrogen) atoms. The van der Waals surface area contributed by atoms with Crippen LogP contribution in [0.1, 0.15) is 0 Å². The monoisotopic (exact) mass is 730 g/mol. The Balaban J connectivity index is 1.14. The number of aromatic nitrogens is 4. The average Bonchev–Trinajstić information content (AvgIpc) is 3.96. The second kappa shape index (κ2) is 12.3. The Morgan fingerprint density at radius 1 is 0.351 bits per heavy atom. The molecule has 0 aliphatic heterocycles. The maximum absolute atomic E-state index is 6.79. The van der Waals surface area contributed by atoms with Crippen LogP contribution in [0.3, 0.4) is 0 Å². The minimum absolute atomic E-state index is 0.539. The van der Waals surface area contributed by atoms with Crippen LogP contribution in [-0.2, 0) is 0 Å². The molecule has 0 unspecified atom stereocenters. The predicted molar refractivity (Wildman–Crippen MR) is 230 cm³/mol. The number of nitrogens with zero attached hydrogens (tertiary/aromatic N) is 4. The van der Waals surface area contributed by atoms with Crippen LogP contribution in [-0.4, -0.2) is 19.5 Å². The molecule has 0 amide bonds. The van der Waals surface area contributed by atoms with E-state index in [9.17, 15) is 0 Å². The molecule has 0 N–H and O–H groups in total. The van der Waals surface area contributed by atoms with Gasteiger partial charge >= 0.3 is 0 Å². The third-order valence-electron chi connectivity index (χ3n) is 11.1. The third kappa shape index (κ3) is 4.87. The minimum Gasteiger partial charge on any atom is -0.455 e. The molecule has 0 atom stereocenters. The Morgan fingerprint density at radius 2 is 0.930 bits per heavy atom. The minimum atomic E-state index is 0.539. The fraction of sp³-hybridized carbons (Fsp3) is 0. The first-order valence-electron chi connectivity index (χ1n) is 19.0. The highest BCUT2D eigenvalue weighted by molar-refractivity contribution is 6.16. The van der Waals surface area contributed by atoms with Crippen molar-refractivity contribution in [1.29, 1.82) is 0 Å². The molecule has 0 aliphatic carbocycles. The van der Waals surface area contributed by atoms with Gasteiger partial charge in [-0.1, -0.05) is 140 Å². The predicted octanol–water partition coefficient (Wildman–Crippen LogP) is 13.4. The first kappa shape index (κ1) is 31.5. The van der Waals surface area contributed by atoms with Gasteiger partial charge in [-0.2, -0.15) is 0 Å². The Bertz CT molecular complexity index is 3530. The fourth-order valence-electron chi connectivity index (χ4n) is 8.48. The largest absolute Gasteiger partial charge is 0.455 e. The van der Waals surface area contributed by atoms with Crippen molar-refractivity contribution in [3.63, 3.8) is 0 Å². The van der Waals surface area contributed by atoms with E-state index in [2.05, 4.69) is 120 Å². The van der Waals surface area contributed by atoms with E-state index >= 15 is 0 Å². The molecule has 0 fully saturated rings. The summed E-state index contributed by atoms with van der Waals surface area (Å²) in [4.78, 5) is 15.6. The third-order valence-corrected chi connectivity index (χ3v) is 11.1. The van der Waals surface area contributed by atoms with Crippen LogP contribution in [0.25, 0.3) is 117 Å². The average molecular weight is 731 g/mol. The lowest BCUT2D eigenvalue weighted by Gasteiger charge is -2.13. The summed E-state index contributed by atoms with van der Waals surface area (Å²) in [6, 6.07) is 62.6. The maximum atomic E-state index is 6.79. The van der Waals surface area contributed by atoms with Gasteiger partial charge in [-0.05, 0) is 53.6 Å². The van der Waals surface area contributed by atoms with Crippen LogP contribution in [0, 0.1) is 0 Å². The highest BCUT2D eigenvalue weighted by Crippen LogP contribution is 2.42. The van der Waals surface area contributed by atoms with Gasteiger partial charge in [-0.15, -0.1) is 0 Å². The summed E-state index contributed by atoms with van der Waals surface area (Å²) in [5.41, 5.74) is 11.1. The van der Waals surface area contributed by atoms with Crippen LogP contribution in [0.15, 0.2) is 191 Å². The van der Waals surface area contributed by atoms with E-state index in [1.165, 1.54) is 5.56 Å². The first-order chi connectivity index (χ1) is 28.3. The Kier molecular flexibility index (Phi) is 6.83. The van der Waals surface area contributed by atoms with Crippen molar-refractivity contribution < 1.29 is 8.83 Å². The fourth-order valence-corrected chi connectivity index (χ4v) is 8.48. The summed E-state index contributed by atoms with van der Waals surface area (Å²) < 4.78 is 15.6. The normalized spacial score (nSPS) is 11.9. The van der Waals surface area contributed by atoms with E-state index in [1.54, 1.807) is 0 Å². The van der Waals surface area contributed by atoms with Crippen molar-refractivity contribution in [2.75, 3.05) is 0 Å². The van der Waals surface area contributed by atoms with E-state index < -0.39 is 0 Å². The number of benzene rings is 8. The van der Waals surface area contributed by atoms with Gasteiger partial charge in [0, 0.05) is 43.4 Å². The molecule has 0 radical (unpaired) electrons. The van der Waals surface area contributed by atoms with Crippen molar-refractivity contribution in [1.82, 2.24) is 19.5 Å². The van der Waals surface area contributed by atoms with Gasteiger partial charge in [0.05, 0.1) is 22.3 Å². The quantitative estimate of drug-likeness (QED) is 0.176. The lowest BCUT2D eigenvalue weighted by atomic mass is 10.0.